The highest BCUT2D eigenvalue weighted by atomic mass is 80.0. The van der Waals surface area contributed by atoms with Gasteiger partial charge in [-0.15, -0.1) is 0 Å². The molecule has 1 aromatic rings. The number of rotatable bonds is 0. The lowest BCUT2D eigenvalue weighted by molar-refractivity contribution is 0.387. The van der Waals surface area contributed by atoms with Crippen molar-refractivity contribution in [2.45, 2.75) is 4.29 Å². The van der Waals surface area contributed by atoms with Crippen LogP contribution in [0.4, 0.5) is 0 Å². The second-order valence-corrected chi connectivity index (χ2v) is 15.6. The lowest BCUT2D eigenvalue weighted by atomic mass is 10.4. The summed E-state index contributed by atoms with van der Waals surface area (Å²) in [6.07, 6.45) is 0. The number of hydrogen-bond acceptors (Lipinski definition) is 2. The summed E-state index contributed by atoms with van der Waals surface area (Å²) in [7, 11) is 0. The van der Waals surface area contributed by atoms with E-state index in [1.165, 1.54) is 0 Å². The summed E-state index contributed by atoms with van der Waals surface area (Å²) in [5.41, 5.74) is 0.685. The molecule has 0 aromatic carbocycles. The molecule has 0 saturated carbocycles. The zero-order valence-corrected chi connectivity index (χ0v) is 15.2. The molecule has 0 bridgehead atoms. The molecule has 0 aliphatic heterocycles. The summed E-state index contributed by atoms with van der Waals surface area (Å²) >= 11 is 20.0. The average Bonchev–Trinajstić information content (AvgIpc) is 2.28. The molecule has 0 aliphatic rings. The highest BCUT2D eigenvalue weighted by Gasteiger charge is 2.31. The fraction of sp³-hybridized carbons (Fsp3) is 0.400. The third-order valence-electron chi connectivity index (χ3n) is 1.08. The molecule has 74 valence electrons. The Labute approximate surface area is 125 Å². The van der Waals surface area contributed by atoms with Gasteiger partial charge in [0.15, 0.2) is 10.0 Å². The molecule has 0 N–H and O–H groups in total. The van der Waals surface area contributed by atoms with Gasteiger partial charge >= 0.3 is 0 Å². The van der Waals surface area contributed by atoms with Crippen LogP contribution in [-0.2, 0) is 4.29 Å². The number of hydrogen-bond donors (Lipinski definition) is 0. The average molecular weight is 570 g/mol. The van der Waals surface area contributed by atoms with E-state index in [1.54, 1.807) is 6.07 Å². The van der Waals surface area contributed by atoms with E-state index >= 15 is 0 Å². The van der Waals surface area contributed by atoms with E-state index in [0.717, 1.165) is 0 Å². The minimum atomic E-state index is -0.573. The van der Waals surface area contributed by atoms with E-state index in [4.69, 9.17) is 4.52 Å². The van der Waals surface area contributed by atoms with E-state index < -0.39 is 4.29 Å². The Kier molecular flexibility index (Phi) is 4.58. The van der Waals surface area contributed by atoms with Crippen LogP contribution in [0.1, 0.15) is 11.5 Å². The first-order valence-corrected chi connectivity index (χ1v) is 7.58. The molecule has 0 aliphatic carbocycles. The zero-order valence-electron chi connectivity index (χ0n) is 5.70. The smallest absolute Gasteiger partial charge is 0.194 e. The van der Waals surface area contributed by atoms with E-state index in [2.05, 4.69) is 101 Å². The molecule has 0 saturated heterocycles. The van der Waals surface area contributed by atoms with Crippen LogP contribution in [0.5, 0.6) is 0 Å². The Morgan fingerprint density at radius 1 is 1.00 bits per heavy atom. The minimum Gasteiger partial charge on any atom is -0.358 e. The van der Waals surface area contributed by atoms with Gasteiger partial charge < -0.3 is 4.52 Å². The molecule has 13 heavy (non-hydrogen) atoms. The number of alkyl halides is 6. The van der Waals surface area contributed by atoms with Crippen molar-refractivity contribution in [1.29, 1.82) is 0 Å². The standard InChI is InChI=1S/C5HBr6NO/c6-4(7,8)2-1-3(13-12-2)5(9,10)11/h1H. The van der Waals surface area contributed by atoms with Crippen molar-refractivity contribution in [3.05, 3.63) is 17.5 Å². The van der Waals surface area contributed by atoms with Crippen LogP contribution in [0.3, 0.4) is 0 Å². The number of halogens is 6. The van der Waals surface area contributed by atoms with Crippen molar-refractivity contribution in [2.75, 3.05) is 0 Å². The van der Waals surface area contributed by atoms with E-state index in [1.807, 2.05) is 0 Å². The van der Waals surface area contributed by atoms with Crippen molar-refractivity contribution in [1.82, 2.24) is 5.16 Å². The topological polar surface area (TPSA) is 26.0 Å². The van der Waals surface area contributed by atoms with Gasteiger partial charge in [0, 0.05) is 6.07 Å². The Morgan fingerprint density at radius 2 is 1.54 bits per heavy atom. The van der Waals surface area contributed by atoms with Crippen molar-refractivity contribution < 1.29 is 4.52 Å². The first-order chi connectivity index (χ1) is 5.71. The SMILES string of the molecule is BrC(Br)(Br)c1cc(C(Br)(Br)Br)on1. The number of nitrogens with zero attached hydrogens (tertiary/aromatic N) is 1. The van der Waals surface area contributed by atoms with Gasteiger partial charge in [-0.1, -0.05) is 101 Å². The lowest BCUT2D eigenvalue weighted by Gasteiger charge is -2.06. The van der Waals surface area contributed by atoms with Gasteiger partial charge in [-0.3, -0.25) is 0 Å². The minimum absolute atomic E-state index is 0.549. The summed E-state index contributed by atoms with van der Waals surface area (Å²) in [6, 6.07) is 1.77. The van der Waals surface area contributed by atoms with E-state index in [9.17, 15) is 0 Å². The molecular weight excluding hydrogens is 569 g/mol. The van der Waals surface area contributed by atoms with Crippen molar-refractivity contribution >= 4 is 95.6 Å². The molecule has 1 heterocycles. The van der Waals surface area contributed by atoms with E-state index in [-0.39, 0.29) is 0 Å². The van der Waals surface area contributed by atoms with Gasteiger partial charge in [-0.05, 0) is 0 Å². The first-order valence-electron chi connectivity index (χ1n) is 2.82. The molecule has 0 amide bonds. The molecule has 2 nitrogen and oxygen atoms in total. The first kappa shape index (κ1) is 13.2. The Bertz CT molecular complexity index is 268. The van der Waals surface area contributed by atoms with Gasteiger partial charge in [0.1, 0.15) is 5.69 Å². The molecule has 0 unspecified atom stereocenters. The predicted molar refractivity (Wildman–Crippen MR) is 73.4 cm³/mol. The molecule has 0 spiro atoms. The normalized spacial score (nSPS) is 13.4. The van der Waals surface area contributed by atoms with Crippen LogP contribution in [0.2, 0.25) is 0 Å². The molecule has 0 radical (unpaired) electrons. The molecule has 8 heteroatoms. The van der Waals surface area contributed by atoms with Crippen molar-refractivity contribution in [3.8, 4) is 0 Å². The van der Waals surface area contributed by atoms with Gasteiger partial charge in [0.25, 0.3) is 0 Å². The second kappa shape index (κ2) is 4.53. The Morgan fingerprint density at radius 3 is 1.77 bits per heavy atom. The Balaban J connectivity index is 3.01. The van der Waals surface area contributed by atoms with Crippen LogP contribution < -0.4 is 0 Å². The van der Waals surface area contributed by atoms with Gasteiger partial charge in [-0.25, -0.2) is 0 Å². The molecule has 1 aromatic heterocycles. The summed E-state index contributed by atoms with van der Waals surface area (Å²) < 4.78 is 3.95. The maximum Gasteiger partial charge on any atom is 0.194 e. The molecule has 0 atom stereocenters. The van der Waals surface area contributed by atoms with Crippen LogP contribution in [-0.4, -0.2) is 5.16 Å². The zero-order chi connectivity index (χ0) is 10.3. The Hall–Kier alpha value is 2.09. The number of aromatic nitrogens is 1. The van der Waals surface area contributed by atoms with Crippen molar-refractivity contribution in [2.24, 2.45) is 0 Å². The van der Waals surface area contributed by atoms with Gasteiger partial charge in [0.05, 0.1) is 0 Å². The second-order valence-electron chi connectivity index (χ2n) is 2.07. The largest absolute Gasteiger partial charge is 0.358 e. The predicted octanol–water partition coefficient (Wildman–Crippen LogP) is 5.26. The summed E-state index contributed by atoms with van der Waals surface area (Å²) in [4.78, 5) is 0. The fourth-order valence-electron chi connectivity index (χ4n) is 0.542. The molecule has 0 fully saturated rings. The molecule has 1 rings (SSSR count). The lowest BCUT2D eigenvalue weighted by Crippen LogP contribution is -1.98. The monoisotopic (exact) mass is 565 g/mol. The highest BCUT2D eigenvalue weighted by molar-refractivity contribution is 9.39. The highest BCUT2D eigenvalue weighted by Crippen LogP contribution is 2.48. The summed E-state index contributed by atoms with van der Waals surface area (Å²) in [5, 5.41) is 3.85. The quantitative estimate of drug-likeness (QED) is 0.398. The van der Waals surface area contributed by atoms with Gasteiger partial charge in [-0.2, -0.15) is 0 Å². The van der Waals surface area contributed by atoms with Crippen LogP contribution in [0.15, 0.2) is 10.6 Å². The third kappa shape index (κ3) is 3.86. The third-order valence-corrected chi connectivity index (χ3v) is 3.47. The van der Waals surface area contributed by atoms with Crippen LogP contribution in [0, 0.1) is 0 Å². The van der Waals surface area contributed by atoms with E-state index in [0.29, 0.717) is 11.5 Å². The van der Waals surface area contributed by atoms with Gasteiger partial charge in [0.2, 0.25) is 0 Å². The van der Waals surface area contributed by atoms with Crippen LogP contribution >= 0.6 is 95.6 Å². The summed E-state index contributed by atoms with van der Waals surface area (Å²) in [5.74, 6) is 0.616. The fourth-order valence-corrected chi connectivity index (χ4v) is 1.66. The van der Waals surface area contributed by atoms with Crippen LogP contribution in [0.25, 0.3) is 0 Å². The summed E-state index contributed by atoms with van der Waals surface area (Å²) in [6.45, 7) is 0. The molecular formula is C5HBr6NO. The van der Waals surface area contributed by atoms with Crippen molar-refractivity contribution in [3.63, 3.8) is 0 Å². The maximum atomic E-state index is 5.07. The maximum absolute atomic E-state index is 5.07.